The van der Waals surface area contributed by atoms with Crippen LogP contribution in [0.15, 0.2) is 96.1 Å². The van der Waals surface area contributed by atoms with Crippen LogP contribution in [-0.2, 0) is 30.4 Å². The van der Waals surface area contributed by atoms with Crippen LogP contribution in [0.25, 0.3) is 0 Å². The standard InChI is InChI=1S/C35H38N4O8/c1-45-23-30-34(27-9-5-4-6-10-27)47-33(42)12-8-3-2-7-11-32(41)39(30)22-26-15-13-25(14-16-26)21-36-37-35(43)28-17-19-29(20-18-28)46-24-31(40)38-44/h2-6,9-10,13-21,30,34,44H,7-8,11-12,22-24H2,1H3,(H,37,43)(H,38,40)/b3-2+,36-21+/t30-,34-/m0/s1. The molecule has 4 rings (SSSR count). The molecule has 12 nitrogen and oxygen atoms in total. The number of cyclic esters (lactones) is 1. The lowest BCUT2D eigenvalue weighted by Gasteiger charge is -2.37. The molecule has 0 aliphatic carbocycles. The summed E-state index contributed by atoms with van der Waals surface area (Å²) >= 11 is 0. The largest absolute Gasteiger partial charge is 0.484 e. The normalized spacial score (nSPS) is 18.0. The third-order valence-corrected chi connectivity index (χ3v) is 7.32. The number of hydrogen-bond donors (Lipinski definition) is 3. The number of rotatable bonds is 11. The van der Waals surface area contributed by atoms with Gasteiger partial charge >= 0.3 is 5.97 Å². The fourth-order valence-electron chi connectivity index (χ4n) is 4.92. The minimum atomic E-state index is -0.720. The van der Waals surface area contributed by atoms with Crippen molar-refractivity contribution in [2.45, 2.75) is 44.4 Å². The van der Waals surface area contributed by atoms with Crippen molar-refractivity contribution in [3.05, 3.63) is 113 Å². The predicted octanol–water partition coefficient (Wildman–Crippen LogP) is 4.09. The zero-order valence-electron chi connectivity index (χ0n) is 26.0. The highest BCUT2D eigenvalue weighted by Crippen LogP contribution is 2.29. The molecule has 12 heteroatoms. The van der Waals surface area contributed by atoms with E-state index in [-0.39, 0.29) is 38.1 Å². The van der Waals surface area contributed by atoms with Gasteiger partial charge in [-0.1, -0.05) is 66.7 Å². The van der Waals surface area contributed by atoms with Gasteiger partial charge in [-0.15, -0.1) is 0 Å². The minimum absolute atomic E-state index is 0.0853. The molecule has 0 saturated carbocycles. The van der Waals surface area contributed by atoms with Gasteiger partial charge in [-0.2, -0.15) is 5.10 Å². The topological polar surface area (TPSA) is 156 Å². The number of hydrogen-bond acceptors (Lipinski definition) is 9. The first-order chi connectivity index (χ1) is 22.9. The van der Waals surface area contributed by atoms with Crippen molar-refractivity contribution in [3.63, 3.8) is 0 Å². The number of nitrogens with zero attached hydrogens (tertiary/aromatic N) is 2. The number of carbonyl (C=O) groups is 4. The molecule has 0 fully saturated rings. The van der Waals surface area contributed by atoms with Gasteiger partial charge in [0.25, 0.3) is 11.8 Å². The quantitative estimate of drug-likeness (QED) is 0.0929. The fraction of sp³-hybridized carbons (Fsp3) is 0.286. The summed E-state index contributed by atoms with van der Waals surface area (Å²) in [6.45, 7) is 0.0555. The van der Waals surface area contributed by atoms with Gasteiger partial charge < -0.3 is 19.1 Å². The van der Waals surface area contributed by atoms with E-state index in [1.807, 2.05) is 66.7 Å². The van der Waals surface area contributed by atoms with Gasteiger partial charge in [-0.05, 0) is 53.8 Å². The number of hydrazone groups is 1. The van der Waals surface area contributed by atoms with E-state index < -0.39 is 24.0 Å². The average molecular weight is 643 g/mol. The van der Waals surface area contributed by atoms with E-state index >= 15 is 0 Å². The number of allylic oxidation sites excluding steroid dienone is 2. The number of ether oxygens (including phenoxy) is 3. The molecule has 0 saturated heterocycles. The molecule has 1 aliphatic heterocycles. The number of nitrogens with one attached hydrogen (secondary N) is 2. The number of esters is 1. The second-order valence-electron chi connectivity index (χ2n) is 10.7. The summed E-state index contributed by atoms with van der Waals surface area (Å²) in [7, 11) is 1.56. The van der Waals surface area contributed by atoms with Crippen LogP contribution in [-0.4, -0.2) is 66.4 Å². The Kier molecular flexibility index (Phi) is 13.2. The predicted molar refractivity (Wildman–Crippen MR) is 172 cm³/mol. The Morgan fingerprint density at radius 2 is 1.68 bits per heavy atom. The molecule has 2 atom stereocenters. The summed E-state index contributed by atoms with van der Waals surface area (Å²) in [5.41, 5.74) is 6.61. The molecule has 3 aromatic rings. The van der Waals surface area contributed by atoms with Crippen molar-refractivity contribution >= 4 is 29.9 Å². The van der Waals surface area contributed by atoms with Crippen LogP contribution in [0.1, 0.15) is 58.8 Å². The Morgan fingerprint density at radius 1 is 0.979 bits per heavy atom. The lowest BCUT2D eigenvalue weighted by atomic mass is 9.99. The van der Waals surface area contributed by atoms with Gasteiger partial charge in [0.2, 0.25) is 5.91 Å². The maximum absolute atomic E-state index is 13.7. The number of hydroxylamine groups is 1. The van der Waals surface area contributed by atoms with Crippen LogP contribution in [0.2, 0.25) is 0 Å². The molecule has 246 valence electrons. The maximum atomic E-state index is 13.7. The Balaban J connectivity index is 1.46. The zero-order valence-corrected chi connectivity index (χ0v) is 26.0. The molecule has 3 N–H and O–H groups in total. The van der Waals surface area contributed by atoms with E-state index in [2.05, 4.69) is 10.5 Å². The van der Waals surface area contributed by atoms with Crippen molar-refractivity contribution in [1.29, 1.82) is 0 Å². The van der Waals surface area contributed by atoms with Gasteiger partial charge in [-0.3, -0.25) is 24.4 Å². The molecule has 3 amide bonds. The average Bonchev–Trinajstić information content (AvgIpc) is 3.10. The van der Waals surface area contributed by atoms with Gasteiger partial charge in [-0.25, -0.2) is 10.9 Å². The number of benzene rings is 3. The smallest absolute Gasteiger partial charge is 0.306 e. The second-order valence-corrected chi connectivity index (χ2v) is 10.7. The lowest BCUT2D eigenvalue weighted by Crippen LogP contribution is -2.47. The molecule has 1 aliphatic rings. The molecule has 0 bridgehead atoms. The van der Waals surface area contributed by atoms with Gasteiger partial charge in [0.15, 0.2) is 6.61 Å². The summed E-state index contributed by atoms with van der Waals surface area (Å²) in [4.78, 5) is 51.8. The first-order valence-electron chi connectivity index (χ1n) is 15.1. The van der Waals surface area contributed by atoms with E-state index in [4.69, 9.17) is 19.4 Å². The third-order valence-electron chi connectivity index (χ3n) is 7.32. The molecule has 0 unspecified atom stereocenters. The first-order valence-corrected chi connectivity index (χ1v) is 15.1. The third kappa shape index (κ3) is 10.6. The number of carbonyl (C=O) groups excluding carboxylic acids is 4. The van der Waals surface area contributed by atoms with Crippen molar-refractivity contribution in [1.82, 2.24) is 15.8 Å². The Labute approximate surface area is 273 Å². The van der Waals surface area contributed by atoms with Crippen molar-refractivity contribution < 1.29 is 38.6 Å². The van der Waals surface area contributed by atoms with Crippen molar-refractivity contribution in [3.8, 4) is 5.75 Å². The van der Waals surface area contributed by atoms with Crippen LogP contribution < -0.4 is 15.6 Å². The van der Waals surface area contributed by atoms with Crippen LogP contribution in [0.4, 0.5) is 0 Å². The van der Waals surface area contributed by atoms with Crippen LogP contribution >= 0.6 is 0 Å². The second kappa shape index (κ2) is 18.0. The summed E-state index contributed by atoms with van der Waals surface area (Å²) in [6.07, 6.45) is 6.25. The number of methoxy groups -OCH3 is 1. The van der Waals surface area contributed by atoms with Crippen molar-refractivity contribution in [2.24, 2.45) is 5.10 Å². The molecule has 1 heterocycles. The number of amides is 3. The van der Waals surface area contributed by atoms with E-state index in [0.29, 0.717) is 30.6 Å². The van der Waals surface area contributed by atoms with E-state index in [1.165, 1.54) is 36.0 Å². The fourth-order valence-corrected chi connectivity index (χ4v) is 4.92. The molecule has 3 aromatic carbocycles. The summed E-state index contributed by atoms with van der Waals surface area (Å²) in [5.74, 6) is -1.22. The molecule has 0 radical (unpaired) electrons. The molecular weight excluding hydrogens is 604 g/mol. The Bertz CT molecular complexity index is 1540. The van der Waals surface area contributed by atoms with Crippen LogP contribution in [0, 0.1) is 0 Å². The highest BCUT2D eigenvalue weighted by Gasteiger charge is 2.34. The maximum Gasteiger partial charge on any atom is 0.306 e. The Morgan fingerprint density at radius 3 is 2.36 bits per heavy atom. The van der Waals surface area contributed by atoms with Gasteiger partial charge in [0, 0.05) is 32.1 Å². The van der Waals surface area contributed by atoms with Crippen LogP contribution in [0.3, 0.4) is 0 Å². The lowest BCUT2D eigenvalue weighted by molar-refractivity contribution is -0.159. The zero-order chi connectivity index (χ0) is 33.4. The molecule has 0 spiro atoms. The highest BCUT2D eigenvalue weighted by atomic mass is 16.5. The SMILES string of the molecule is COC[C@H]1[C@H](c2ccccc2)OC(=O)CC/C=C/CCC(=O)N1Cc1ccc(/C=N/NC(=O)c2ccc(OCC(=O)NO)cc2)cc1. The van der Waals surface area contributed by atoms with Crippen molar-refractivity contribution in [2.75, 3.05) is 20.3 Å². The summed E-state index contributed by atoms with van der Waals surface area (Å²) < 4.78 is 16.8. The Hall–Kier alpha value is -5.33. The molecule has 0 aromatic heterocycles. The van der Waals surface area contributed by atoms with E-state index in [0.717, 1.165) is 16.7 Å². The van der Waals surface area contributed by atoms with Gasteiger partial charge in [0.1, 0.15) is 11.9 Å². The summed E-state index contributed by atoms with van der Waals surface area (Å²) in [5, 5.41) is 12.6. The summed E-state index contributed by atoms with van der Waals surface area (Å²) in [6, 6.07) is 22.3. The van der Waals surface area contributed by atoms with Crippen LogP contribution in [0.5, 0.6) is 5.75 Å². The monoisotopic (exact) mass is 642 g/mol. The first kappa shape index (κ1) is 34.5. The minimum Gasteiger partial charge on any atom is -0.484 e. The highest BCUT2D eigenvalue weighted by molar-refractivity contribution is 5.95. The van der Waals surface area contributed by atoms with E-state index in [1.54, 1.807) is 12.0 Å². The molecule has 47 heavy (non-hydrogen) atoms. The van der Waals surface area contributed by atoms with Gasteiger partial charge in [0.05, 0.1) is 18.9 Å². The molecular formula is C35H38N4O8. The van der Waals surface area contributed by atoms with E-state index in [9.17, 15) is 19.2 Å².